The fraction of sp³-hybridized carbons (Fsp3) is 0.583. The van der Waals surface area contributed by atoms with Crippen LogP contribution in [0, 0.1) is 0 Å². The van der Waals surface area contributed by atoms with Crippen LogP contribution in [0.4, 0.5) is 5.13 Å². The molecule has 96 valence electrons. The van der Waals surface area contributed by atoms with E-state index in [9.17, 15) is 0 Å². The molecule has 0 aliphatic carbocycles. The Hall–Kier alpha value is -1.07. The topological polar surface area (TPSA) is 37.4 Å². The molecular weight excluding hydrogens is 234 g/mol. The van der Waals surface area contributed by atoms with E-state index in [4.69, 9.17) is 4.74 Å². The van der Waals surface area contributed by atoms with Crippen molar-refractivity contribution in [3.8, 4) is 5.88 Å². The maximum absolute atomic E-state index is 5.26. The molecule has 0 bridgehead atoms. The summed E-state index contributed by atoms with van der Waals surface area (Å²) in [7, 11) is 5.62. The molecule has 0 radical (unpaired) electrons. The van der Waals surface area contributed by atoms with Gasteiger partial charge in [0.15, 0.2) is 5.13 Å². The lowest BCUT2D eigenvalue weighted by Gasteiger charge is -2.04. The van der Waals surface area contributed by atoms with E-state index < -0.39 is 0 Å². The Bertz CT molecular complexity index is 361. The van der Waals surface area contributed by atoms with Crippen LogP contribution in [-0.2, 0) is 0 Å². The van der Waals surface area contributed by atoms with E-state index in [1.54, 1.807) is 18.4 Å². The number of thiazole rings is 1. The van der Waals surface area contributed by atoms with Crippen LogP contribution < -0.4 is 15.0 Å². The number of anilines is 1. The predicted octanol–water partition coefficient (Wildman–Crippen LogP) is 2.23. The van der Waals surface area contributed by atoms with Gasteiger partial charge in [0.2, 0.25) is 5.88 Å². The Kier molecular flexibility index (Phi) is 6.00. The fourth-order valence-electron chi connectivity index (χ4n) is 1.28. The zero-order chi connectivity index (χ0) is 12.7. The Morgan fingerprint density at radius 2 is 2.24 bits per heavy atom. The molecule has 0 aliphatic rings. The van der Waals surface area contributed by atoms with Crippen molar-refractivity contribution in [3.05, 3.63) is 11.0 Å². The molecule has 0 atom stereocenters. The van der Waals surface area contributed by atoms with Gasteiger partial charge in [-0.15, -0.1) is 0 Å². The summed E-state index contributed by atoms with van der Waals surface area (Å²) in [6, 6.07) is 0. The normalized spacial score (nSPS) is 11.1. The smallest absolute Gasteiger partial charge is 0.233 e. The molecule has 1 N–H and O–H groups in total. The second kappa shape index (κ2) is 7.29. The third-order valence-corrected chi connectivity index (χ3v) is 3.31. The molecule has 1 aromatic heterocycles. The molecule has 0 saturated heterocycles. The third kappa shape index (κ3) is 4.36. The van der Waals surface area contributed by atoms with Crippen molar-refractivity contribution in [2.75, 3.05) is 39.2 Å². The molecule has 0 fully saturated rings. The fourth-order valence-corrected chi connectivity index (χ4v) is 2.17. The van der Waals surface area contributed by atoms with Gasteiger partial charge in [0.25, 0.3) is 0 Å². The maximum atomic E-state index is 5.26. The van der Waals surface area contributed by atoms with Crippen LogP contribution in [0.15, 0.2) is 6.08 Å². The van der Waals surface area contributed by atoms with E-state index in [0.717, 1.165) is 29.5 Å². The molecule has 4 nitrogen and oxygen atoms in total. The third-order valence-electron chi connectivity index (χ3n) is 2.14. The second-order valence-corrected chi connectivity index (χ2v) is 4.88. The molecule has 0 spiro atoms. The van der Waals surface area contributed by atoms with E-state index >= 15 is 0 Å². The van der Waals surface area contributed by atoms with Crippen LogP contribution in [0.2, 0.25) is 0 Å². The predicted molar refractivity (Wildman–Crippen MR) is 75.2 cm³/mol. The van der Waals surface area contributed by atoms with E-state index in [1.807, 2.05) is 19.0 Å². The number of rotatable bonds is 7. The lowest BCUT2D eigenvalue weighted by Crippen LogP contribution is -2.13. The number of hydrogen-bond acceptors (Lipinski definition) is 5. The first-order valence-electron chi connectivity index (χ1n) is 5.78. The summed E-state index contributed by atoms with van der Waals surface area (Å²) in [6.45, 7) is 4.09. The minimum Gasteiger partial charge on any atom is -0.480 e. The zero-order valence-corrected chi connectivity index (χ0v) is 11.8. The Balaban J connectivity index is 2.62. The molecule has 0 unspecified atom stereocenters. The average molecular weight is 255 g/mol. The van der Waals surface area contributed by atoms with Gasteiger partial charge in [-0.2, -0.15) is 4.98 Å². The van der Waals surface area contributed by atoms with Gasteiger partial charge in [-0.3, -0.25) is 0 Å². The van der Waals surface area contributed by atoms with Crippen LogP contribution in [0.1, 0.15) is 18.2 Å². The second-order valence-electron chi connectivity index (χ2n) is 3.87. The highest BCUT2D eigenvalue weighted by molar-refractivity contribution is 7.16. The molecule has 5 heteroatoms. The Labute approximate surface area is 107 Å². The minimum absolute atomic E-state index is 0.699. The Morgan fingerprint density at radius 1 is 1.47 bits per heavy atom. The van der Waals surface area contributed by atoms with Crippen LogP contribution >= 0.6 is 11.3 Å². The molecule has 17 heavy (non-hydrogen) atoms. The quantitative estimate of drug-likeness (QED) is 0.758. The first-order chi connectivity index (χ1) is 8.19. The highest BCUT2D eigenvalue weighted by Crippen LogP contribution is 2.31. The molecule has 0 saturated carbocycles. The van der Waals surface area contributed by atoms with Gasteiger partial charge >= 0.3 is 0 Å². The van der Waals surface area contributed by atoms with Crippen molar-refractivity contribution in [2.45, 2.75) is 13.3 Å². The minimum atomic E-state index is 0.699. The van der Waals surface area contributed by atoms with Crippen LogP contribution in [0.3, 0.4) is 0 Å². The van der Waals surface area contributed by atoms with E-state index in [0.29, 0.717) is 5.88 Å². The summed E-state index contributed by atoms with van der Waals surface area (Å²) >= 11 is 1.63. The monoisotopic (exact) mass is 255 g/mol. The largest absolute Gasteiger partial charge is 0.480 e. The SMILES string of the molecule is CCCNCC=Cc1sc(N(C)C)nc1OC. The summed E-state index contributed by atoms with van der Waals surface area (Å²) in [5.74, 6) is 0.699. The number of hydrogen-bond donors (Lipinski definition) is 1. The van der Waals surface area contributed by atoms with Gasteiger partial charge in [-0.05, 0) is 19.0 Å². The first-order valence-corrected chi connectivity index (χ1v) is 6.60. The number of ether oxygens (including phenoxy) is 1. The van der Waals surface area contributed by atoms with Gasteiger partial charge in [-0.25, -0.2) is 0 Å². The highest BCUT2D eigenvalue weighted by Gasteiger charge is 2.10. The number of methoxy groups -OCH3 is 1. The lowest BCUT2D eigenvalue weighted by atomic mass is 10.4. The Morgan fingerprint density at radius 3 is 2.82 bits per heavy atom. The van der Waals surface area contributed by atoms with Crippen molar-refractivity contribution in [3.63, 3.8) is 0 Å². The zero-order valence-electron chi connectivity index (χ0n) is 11.0. The van der Waals surface area contributed by atoms with Gasteiger partial charge < -0.3 is 15.0 Å². The lowest BCUT2D eigenvalue weighted by molar-refractivity contribution is 0.400. The van der Waals surface area contributed by atoms with Crippen molar-refractivity contribution in [2.24, 2.45) is 0 Å². The molecular formula is C12H21N3OS. The van der Waals surface area contributed by atoms with E-state index in [1.165, 1.54) is 0 Å². The van der Waals surface area contributed by atoms with Crippen LogP contribution in [0.5, 0.6) is 5.88 Å². The standard InChI is InChI=1S/C12H21N3OS/c1-5-8-13-9-6-7-10-11(16-4)14-12(17-10)15(2)3/h6-7,13H,5,8-9H2,1-4H3. The van der Waals surface area contributed by atoms with Crippen LogP contribution in [0.25, 0.3) is 6.08 Å². The maximum Gasteiger partial charge on any atom is 0.233 e. The number of nitrogens with one attached hydrogen (secondary N) is 1. The molecule has 1 aromatic rings. The molecule has 1 rings (SSSR count). The first kappa shape index (κ1) is 14.0. The summed E-state index contributed by atoms with van der Waals surface area (Å²) in [5.41, 5.74) is 0. The summed E-state index contributed by atoms with van der Waals surface area (Å²) < 4.78 is 5.26. The van der Waals surface area contributed by atoms with Gasteiger partial charge in [-0.1, -0.05) is 24.3 Å². The average Bonchev–Trinajstić information content (AvgIpc) is 2.72. The van der Waals surface area contributed by atoms with Crippen molar-refractivity contribution in [1.82, 2.24) is 10.3 Å². The van der Waals surface area contributed by atoms with Crippen molar-refractivity contribution < 1.29 is 4.74 Å². The van der Waals surface area contributed by atoms with E-state index in [2.05, 4.69) is 29.4 Å². The molecule has 0 aromatic carbocycles. The van der Waals surface area contributed by atoms with E-state index in [-0.39, 0.29) is 0 Å². The molecule has 1 heterocycles. The summed E-state index contributed by atoms with van der Waals surface area (Å²) in [4.78, 5) is 7.44. The van der Waals surface area contributed by atoms with Crippen molar-refractivity contribution >= 4 is 22.5 Å². The van der Waals surface area contributed by atoms with Crippen LogP contribution in [-0.4, -0.2) is 39.3 Å². The molecule has 0 amide bonds. The van der Waals surface area contributed by atoms with Gasteiger partial charge in [0, 0.05) is 20.6 Å². The number of aromatic nitrogens is 1. The molecule has 0 aliphatic heterocycles. The summed E-state index contributed by atoms with van der Waals surface area (Å²) in [6.07, 6.45) is 5.32. The van der Waals surface area contributed by atoms with Gasteiger partial charge in [0.1, 0.15) is 0 Å². The highest BCUT2D eigenvalue weighted by atomic mass is 32.1. The summed E-state index contributed by atoms with van der Waals surface area (Å²) in [5, 5.41) is 4.28. The van der Waals surface area contributed by atoms with Gasteiger partial charge in [0.05, 0.1) is 12.0 Å². The number of nitrogens with zero attached hydrogens (tertiary/aromatic N) is 2. The van der Waals surface area contributed by atoms with Crippen molar-refractivity contribution in [1.29, 1.82) is 0 Å².